The Morgan fingerprint density at radius 2 is 2.30 bits per heavy atom. The van der Waals surface area contributed by atoms with Crippen LogP contribution in [0, 0.1) is 0 Å². The van der Waals surface area contributed by atoms with E-state index in [0.717, 1.165) is 5.56 Å². The molecule has 23 heavy (non-hydrogen) atoms. The lowest BCUT2D eigenvalue weighted by atomic mass is 10.1. The van der Waals surface area contributed by atoms with Crippen molar-refractivity contribution in [2.45, 2.75) is 25.4 Å². The molecule has 1 aliphatic rings. The van der Waals surface area contributed by atoms with E-state index in [1.807, 2.05) is 16.8 Å². The number of carbonyl (C=O) groups excluding carboxylic acids is 3. The fraction of sp³-hybridized carbons (Fsp3) is 0.308. The molecule has 9 nitrogen and oxygen atoms in total. The molecule has 0 unspecified atom stereocenters. The number of carbonyl (C=O) groups is 3. The van der Waals surface area contributed by atoms with Crippen molar-refractivity contribution >= 4 is 29.2 Å². The number of urea groups is 1. The van der Waals surface area contributed by atoms with Crippen molar-refractivity contribution in [3.05, 3.63) is 22.7 Å². The topological polar surface area (TPSA) is 126 Å². The molecule has 0 bridgehead atoms. The third-order valence-electron chi connectivity index (χ3n) is 3.20. The average molecular weight is 335 g/mol. The molecule has 0 spiro atoms. The third kappa shape index (κ3) is 3.72. The second-order valence-corrected chi connectivity index (χ2v) is 5.64. The first-order chi connectivity index (χ1) is 11.1. The van der Waals surface area contributed by atoms with E-state index in [9.17, 15) is 14.4 Å². The molecule has 3 heterocycles. The van der Waals surface area contributed by atoms with Crippen molar-refractivity contribution in [3.63, 3.8) is 0 Å². The summed E-state index contributed by atoms with van der Waals surface area (Å²) in [5.41, 5.74) is 0.836. The van der Waals surface area contributed by atoms with Gasteiger partial charge in [0.25, 0.3) is 11.8 Å². The number of imide groups is 1. The number of thiophene rings is 1. The smallest absolute Gasteiger partial charge is 0.322 e. The SMILES string of the molecule is O=C(CC[C@H]1NC(=O)NC1=O)NCc1noc(-c2ccsc2)n1. The minimum atomic E-state index is -0.663. The van der Waals surface area contributed by atoms with Crippen molar-refractivity contribution in [2.75, 3.05) is 0 Å². The Morgan fingerprint density at radius 1 is 1.43 bits per heavy atom. The zero-order chi connectivity index (χ0) is 16.2. The molecular formula is C13H13N5O4S. The highest BCUT2D eigenvalue weighted by molar-refractivity contribution is 7.08. The lowest BCUT2D eigenvalue weighted by Crippen LogP contribution is -2.31. The number of hydrogen-bond acceptors (Lipinski definition) is 7. The van der Waals surface area contributed by atoms with Gasteiger partial charge in [0, 0.05) is 11.8 Å². The number of rotatable bonds is 6. The van der Waals surface area contributed by atoms with Gasteiger partial charge in [-0.2, -0.15) is 16.3 Å². The Morgan fingerprint density at radius 3 is 3.00 bits per heavy atom. The van der Waals surface area contributed by atoms with Crippen LogP contribution in [0.1, 0.15) is 18.7 Å². The lowest BCUT2D eigenvalue weighted by molar-refractivity contribution is -0.122. The zero-order valence-corrected chi connectivity index (χ0v) is 12.7. The Kier molecular flexibility index (Phi) is 4.33. The van der Waals surface area contributed by atoms with Crippen LogP contribution in [0.25, 0.3) is 11.5 Å². The molecule has 0 aliphatic carbocycles. The fourth-order valence-corrected chi connectivity index (χ4v) is 2.66. The predicted octanol–water partition coefficient (Wildman–Crippen LogP) is 0.403. The van der Waals surface area contributed by atoms with Crippen molar-refractivity contribution in [1.82, 2.24) is 26.1 Å². The second-order valence-electron chi connectivity index (χ2n) is 4.86. The highest BCUT2D eigenvalue weighted by Gasteiger charge is 2.29. The molecular weight excluding hydrogens is 322 g/mol. The molecule has 1 aliphatic heterocycles. The number of aromatic nitrogens is 2. The van der Waals surface area contributed by atoms with Gasteiger partial charge in [-0.15, -0.1) is 0 Å². The summed E-state index contributed by atoms with van der Waals surface area (Å²) in [5.74, 6) is 0.0921. The van der Waals surface area contributed by atoms with Crippen LogP contribution >= 0.6 is 11.3 Å². The lowest BCUT2D eigenvalue weighted by Gasteiger charge is -2.06. The molecule has 0 aromatic carbocycles. The van der Waals surface area contributed by atoms with Gasteiger partial charge in [0.2, 0.25) is 5.91 Å². The summed E-state index contributed by atoms with van der Waals surface area (Å²) in [6.45, 7) is 0.135. The van der Waals surface area contributed by atoms with E-state index in [2.05, 4.69) is 26.1 Å². The maximum Gasteiger partial charge on any atom is 0.322 e. The summed E-state index contributed by atoms with van der Waals surface area (Å²) in [4.78, 5) is 38.2. The largest absolute Gasteiger partial charge is 0.349 e. The quantitative estimate of drug-likeness (QED) is 0.656. The summed E-state index contributed by atoms with van der Waals surface area (Å²) in [7, 11) is 0. The minimum Gasteiger partial charge on any atom is -0.349 e. The third-order valence-corrected chi connectivity index (χ3v) is 3.88. The van der Waals surface area contributed by atoms with Gasteiger partial charge in [-0.3, -0.25) is 14.9 Å². The van der Waals surface area contributed by atoms with Crippen LogP contribution in [0.15, 0.2) is 21.3 Å². The van der Waals surface area contributed by atoms with Gasteiger partial charge in [-0.25, -0.2) is 4.79 Å². The van der Waals surface area contributed by atoms with Crippen molar-refractivity contribution in [1.29, 1.82) is 0 Å². The monoisotopic (exact) mass is 335 g/mol. The number of nitrogens with zero attached hydrogens (tertiary/aromatic N) is 2. The van der Waals surface area contributed by atoms with Crippen LogP contribution in [0.3, 0.4) is 0 Å². The van der Waals surface area contributed by atoms with E-state index in [4.69, 9.17) is 4.52 Å². The van der Waals surface area contributed by atoms with Crippen LogP contribution in [0.2, 0.25) is 0 Å². The van der Waals surface area contributed by atoms with Gasteiger partial charge in [0.05, 0.1) is 12.1 Å². The van der Waals surface area contributed by atoms with Gasteiger partial charge >= 0.3 is 6.03 Å². The van der Waals surface area contributed by atoms with Gasteiger partial charge < -0.3 is 15.2 Å². The van der Waals surface area contributed by atoms with Crippen molar-refractivity contribution < 1.29 is 18.9 Å². The zero-order valence-electron chi connectivity index (χ0n) is 11.9. The molecule has 2 aromatic heterocycles. The first kappa shape index (κ1) is 15.2. The van der Waals surface area contributed by atoms with E-state index in [0.29, 0.717) is 11.7 Å². The second kappa shape index (κ2) is 6.57. The summed E-state index contributed by atoms with van der Waals surface area (Å²) in [6, 6.07) is 0.665. The molecule has 4 amide bonds. The summed E-state index contributed by atoms with van der Waals surface area (Å²) in [5, 5.41) is 14.8. The first-order valence-electron chi connectivity index (χ1n) is 6.85. The molecule has 3 rings (SSSR count). The van der Waals surface area contributed by atoms with Gasteiger partial charge in [-0.1, -0.05) is 5.16 Å². The fourth-order valence-electron chi connectivity index (χ4n) is 2.03. The molecule has 1 atom stereocenters. The molecule has 3 N–H and O–H groups in total. The van der Waals surface area contributed by atoms with Crippen molar-refractivity contribution in [2.24, 2.45) is 0 Å². The van der Waals surface area contributed by atoms with Crippen LogP contribution < -0.4 is 16.0 Å². The van der Waals surface area contributed by atoms with E-state index < -0.39 is 18.0 Å². The van der Waals surface area contributed by atoms with E-state index in [1.165, 1.54) is 11.3 Å². The molecule has 10 heteroatoms. The van der Waals surface area contributed by atoms with E-state index in [1.54, 1.807) is 0 Å². The van der Waals surface area contributed by atoms with E-state index >= 15 is 0 Å². The summed E-state index contributed by atoms with van der Waals surface area (Å²) >= 11 is 1.52. The highest BCUT2D eigenvalue weighted by Crippen LogP contribution is 2.19. The van der Waals surface area contributed by atoms with E-state index in [-0.39, 0.29) is 25.3 Å². The maximum atomic E-state index is 11.8. The molecule has 1 saturated heterocycles. The number of nitrogens with one attached hydrogen (secondary N) is 3. The van der Waals surface area contributed by atoms with Crippen LogP contribution in [0.4, 0.5) is 4.79 Å². The van der Waals surface area contributed by atoms with Crippen LogP contribution in [-0.4, -0.2) is 34.0 Å². The Labute approximate surface area is 134 Å². The van der Waals surface area contributed by atoms with Gasteiger partial charge in [-0.05, 0) is 17.9 Å². The Bertz CT molecular complexity index is 727. The normalized spacial score (nSPS) is 17.0. The van der Waals surface area contributed by atoms with Gasteiger partial charge in [0.15, 0.2) is 5.82 Å². The Hall–Kier alpha value is -2.75. The predicted molar refractivity (Wildman–Crippen MR) is 79.2 cm³/mol. The highest BCUT2D eigenvalue weighted by atomic mass is 32.1. The maximum absolute atomic E-state index is 11.8. The average Bonchev–Trinajstić information content (AvgIpc) is 3.24. The first-order valence-corrected chi connectivity index (χ1v) is 7.79. The summed E-state index contributed by atoms with van der Waals surface area (Å²) in [6.07, 6.45) is 0.337. The molecule has 0 radical (unpaired) electrons. The van der Waals surface area contributed by atoms with Crippen LogP contribution in [0.5, 0.6) is 0 Å². The summed E-state index contributed by atoms with van der Waals surface area (Å²) < 4.78 is 5.10. The minimum absolute atomic E-state index is 0.105. The number of hydrogen-bond donors (Lipinski definition) is 3. The molecule has 0 saturated carbocycles. The molecule has 120 valence electrons. The molecule has 2 aromatic rings. The Balaban J connectivity index is 1.44. The van der Waals surface area contributed by atoms with Gasteiger partial charge in [0.1, 0.15) is 6.04 Å². The van der Waals surface area contributed by atoms with Crippen LogP contribution in [-0.2, 0) is 16.1 Å². The molecule has 1 fully saturated rings. The standard InChI is InChI=1S/C13H13N5O4S/c19-10(2-1-8-11(20)17-13(21)15-8)14-5-9-16-12(22-18-9)7-3-4-23-6-7/h3-4,6,8H,1-2,5H2,(H,14,19)(H2,15,17,20,21)/t8-/m1/s1. The van der Waals surface area contributed by atoms with Crippen molar-refractivity contribution in [3.8, 4) is 11.5 Å². The number of amides is 4.